The molecule has 2 aromatic rings. The molecule has 0 spiro atoms. The second-order valence-electron chi connectivity index (χ2n) is 5.10. The van der Waals surface area contributed by atoms with E-state index in [2.05, 4.69) is 53.4 Å². The molecule has 0 saturated carbocycles. The standard InChI is InChI=1S/C16H22N4/c1-5-13-6-8-14(9-7-13)12(2)18-15-10-11-17-16(19-15)20(3)4/h6-12H,5H2,1-4H3,(H,17,18,19). The van der Waals surface area contributed by atoms with E-state index in [1.54, 1.807) is 6.20 Å². The Morgan fingerprint density at radius 1 is 1.15 bits per heavy atom. The molecule has 0 aliphatic carbocycles. The Kier molecular flexibility index (Phi) is 4.56. The summed E-state index contributed by atoms with van der Waals surface area (Å²) in [6.45, 7) is 4.30. The minimum Gasteiger partial charge on any atom is -0.363 e. The van der Waals surface area contributed by atoms with Gasteiger partial charge in [-0.2, -0.15) is 4.98 Å². The molecule has 0 amide bonds. The second-order valence-corrected chi connectivity index (χ2v) is 5.10. The van der Waals surface area contributed by atoms with Crippen LogP contribution in [0.15, 0.2) is 36.5 Å². The second kappa shape index (κ2) is 6.37. The summed E-state index contributed by atoms with van der Waals surface area (Å²) >= 11 is 0. The van der Waals surface area contributed by atoms with Crippen molar-refractivity contribution in [2.75, 3.05) is 24.3 Å². The Balaban J connectivity index is 2.10. The van der Waals surface area contributed by atoms with Gasteiger partial charge in [-0.25, -0.2) is 4.98 Å². The molecule has 0 aliphatic rings. The predicted octanol–water partition coefficient (Wildman–Crippen LogP) is 3.28. The van der Waals surface area contributed by atoms with E-state index >= 15 is 0 Å². The molecule has 1 aromatic heterocycles. The largest absolute Gasteiger partial charge is 0.363 e. The van der Waals surface area contributed by atoms with Crippen molar-refractivity contribution in [3.8, 4) is 0 Å². The lowest BCUT2D eigenvalue weighted by atomic mass is 10.1. The lowest BCUT2D eigenvalue weighted by Crippen LogP contribution is -2.14. The first kappa shape index (κ1) is 14.3. The highest BCUT2D eigenvalue weighted by Crippen LogP contribution is 2.19. The molecular weight excluding hydrogens is 248 g/mol. The fraction of sp³-hybridized carbons (Fsp3) is 0.375. The number of aryl methyl sites for hydroxylation is 1. The van der Waals surface area contributed by atoms with Gasteiger partial charge in [-0.1, -0.05) is 31.2 Å². The number of aromatic nitrogens is 2. The van der Waals surface area contributed by atoms with E-state index in [1.165, 1.54) is 11.1 Å². The highest BCUT2D eigenvalue weighted by atomic mass is 15.2. The van der Waals surface area contributed by atoms with Gasteiger partial charge in [0.15, 0.2) is 0 Å². The number of anilines is 2. The first-order valence-electron chi connectivity index (χ1n) is 6.96. The van der Waals surface area contributed by atoms with Crippen LogP contribution >= 0.6 is 0 Å². The van der Waals surface area contributed by atoms with E-state index in [1.807, 2.05) is 25.1 Å². The smallest absolute Gasteiger partial charge is 0.226 e. The van der Waals surface area contributed by atoms with Crippen LogP contribution in [0.25, 0.3) is 0 Å². The number of nitrogens with zero attached hydrogens (tertiary/aromatic N) is 3. The van der Waals surface area contributed by atoms with Crippen LogP contribution in [0.1, 0.15) is 31.0 Å². The predicted molar refractivity (Wildman–Crippen MR) is 84.2 cm³/mol. The number of nitrogens with one attached hydrogen (secondary N) is 1. The molecule has 1 atom stereocenters. The van der Waals surface area contributed by atoms with E-state index in [0.717, 1.165) is 12.2 Å². The van der Waals surface area contributed by atoms with Crippen molar-refractivity contribution in [2.45, 2.75) is 26.3 Å². The zero-order valence-electron chi connectivity index (χ0n) is 12.6. The fourth-order valence-corrected chi connectivity index (χ4v) is 1.99. The van der Waals surface area contributed by atoms with E-state index in [0.29, 0.717) is 5.95 Å². The first-order valence-corrected chi connectivity index (χ1v) is 6.96. The number of rotatable bonds is 5. The van der Waals surface area contributed by atoms with Crippen molar-refractivity contribution in [2.24, 2.45) is 0 Å². The van der Waals surface area contributed by atoms with Crippen molar-refractivity contribution in [3.05, 3.63) is 47.7 Å². The molecule has 0 radical (unpaired) electrons. The highest BCUT2D eigenvalue weighted by molar-refractivity contribution is 5.42. The molecular formula is C16H22N4. The van der Waals surface area contributed by atoms with Crippen molar-refractivity contribution in [3.63, 3.8) is 0 Å². The van der Waals surface area contributed by atoms with Gasteiger partial charge in [0.05, 0.1) is 0 Å². The molecule has 20 heavy (non-hydrogen) atoms. The molecule has 0 aliphatic heterocycles. The number of hydrogen-bond donors (Lipinski definition) is 1. The molecule has 1 aromatic carbocycles. The van der Waals surface area contributed by atoms with Gasteiger partial charge in [0.2, 0.25) is 5.95 Å². The monoisotopic (exact) mass is 270 g/mol. The van der Waals surface area contributed by atoms with Crippen LogP contribution in [0.5, 0.6) is 0 Å². The van der Waals surface area contributed by atoms with E-state index in [9.17, 15) is 0 Å². The zero-order valence-corrected chi connectivity index (χ0v) is 12.6. The Bertz CT molecular complexity index is 549. The van der Waals surface area contributed by atoms with Crippen LogP contribution in [0.4, 0.5) is 11.8 Å². The summed E-state index contributed by atoms with van der Waals surface area (Å²) < 4.78 is 0. The van der Waals surface area contributed by atoms with E-state index in [-0.39, 0.29) is 6.04 Å². The van der Waals surface area contributed by atoms with Crippen LogP contribution in [-0.2, 0) is 6.42 Å². The van der Waals surface area contributed by atoms with Crippen molar-refractivity contribution in [1.82, 2.24) is 9.97 Å². The normalized spacial score (nSPS) is 12.0. The van der Waals surface area contributed by atoms with Crippen molar-refractivity contribution >= 4 is 11.8 Å². The van der Waals surface area contributed by atoms with Gasteiger partial charge in [-0.05, 0) is 30.5 Å². The van der Waals surface area contributed by atoms with Gasteiger partial charge >= 0.3 is 0 Å². The first-order chi connectivity index (χ1) is 9.60. The molecule has 0 saturated heterocycles. The Hall–Kier alpha value is -2.10. The minimum absolute atomic E-state index is 0.214. The fourth-order valence-electron chi connectivity index (χ4n) is 1.99. The summed E-state index contributed by atoms with van der Waals surface area (Å²) in [4.78, 5) is 10.6. The van der Waals surface area contributed by atoms with Crippen molar-refractivity contribution in [1.29, 1.82) is 0 Å². The SMILES string of the molecule is CCc1ccc(C(C)Nc2ccnc(N(C)C)n2)cc1. The zero-order chi connectivity index (χ0) is 14.5. The molecule has 0 bridgehead atoms. The number of benzene rings is 1. The van der Waals surface area contributed by atoms with Gasteiger partial charge in [0.1, 0.15) is 5.82 Å². The van der Waals surface area contributed by atoms with Gasteiger partial charge in [0.25, 0.3) is 0 Å². The third-order valence-electron chi connectivity index (χ3n) is 3.30. The third-order valence-corrected chi connectivity index (χ3v) is 3.30. The maximum Gasteiger partial charge on any atom is 0.226 e. The third kappa shape index (κ3) is 3.47. The summed E-state index contributed by atoms with van der Waals surface area (Å²) in [5.74, 6) is 1.55. The minimum atomic E-state index is 0.214. The Morgan fingerprint density at radius 3 is 2.45 bits per heavy atom. The molecule has 1 N–H and O–H groups in total. The molecule has 0 fully saturated rings. The van der Waals surface area contributed by atoms with Gasteiger partial charge in [-0.15, -0.1) is 0 Å². The molecule has 1 heterocycles. The van der Waals surface area contributed by atoms with Gasteiger partial charge in [0, 0.05) is 26.3 Å². The maximum atomic E-state index is 4.48. The van der Waals surface area contributed by atoms with Crippen LogP contribution in [-0.4, -0.2) is 24.1 Å². The summed E-state index contributed by atoms with van der Waals surface area (Å²) in [6.07, 6.45) is 2.85. The average Bonchev–Trinajstić information content (AvgIpc) is 2.47. The molecule has 1 unspecified atom stereocenters. The summed E-state index contributed by atoms with van der Waals surface area (Å²) in [5.41, 5.74) is 2.62. The van der Waals surface area contributed by atoms with Crippen molar-refractivity contribution < 1.29 is 0 Å². The highest BCUT2D eigenvalue weighted by Gasteiger charge is 2.07. The van der Waals surface area contributed by atoms with Gasteiger partial charge < -0.3 is 10.2 Å². The van der Waals surface area contributed by atoms with E-state index in [4.69, 9.17) is 0 Å². The summed E-state index contributed by atoms with van der Waals surface area (Å²) in [7, 11) is 3.87. The van der Waals surface area contributed by atoms with Gasteiger partial charge in [-0.3, -0.25) is 0 Å². The van der Waals surface area contributed by atoms with Crippen LogP contribution in [0.2, 0.25) is 0 Å². The Labute approximate surface area is 120 Å². The summed E-state index contributed by atoms with van der Waals surface area (Å²) in [5, 5.41) is 3.41. The summed E-state index contributed by atoms with van der Waals surface area (Å²) in [6, 6.07) is 10.8. The number of hydrogen-bond acceptors (Lipinski definition) is 4. The average molecular weight is 270 g/mol. The van der Waals surface area contributed by atoms with Crippen LogP contribution in [0.3, 0.4) is 0 Å². The maximum absolute atomic E-state index is 4.48. The van der Waals surface area contributed by atoms with E-state index < -0.39 is 0 Å². The molecule has 2 rings (SSSR count). The molecule has 4 heteroatoms. The molecule has 4 nitrogen and oxygen atoms in total. The van der Waals surface area contributed by atoms with Crippen LogP contribution < -0.4 is 10.2 Å². The topological polar surface area (TPSA) is 41.1 Å². The lowest BCUT2D eigenvalue weighted by molar-refractivity contribution is 0.866. The Morgan fingerprint density at radius 2 is 1.85 bits per heavy atom. The lowest BCUT2D eigenvalue weighted by Gasteiger charge is -2.17. The van der Waals surface area contributed by atoms with Crippen LogP contribution in [0, 0.1) is 0 Å². The quantitative estimate of drug-likeness (QED) is 0.905. The molecule has 106 valence electrons.